The van der Waals surface area contributed by atoms with Crippen LogP contribution in [0.1, 0.15) is 83.3 Å². The lowest BCUT2D eigenvalue weighted by molar-refractivity contribution is -0.0296. The summed E-state index contributed by atoms with van der Waals surface area (Å²) >= 11 is 6.01. The molecule has 3 aliphatic carbocycles. The van der Waals surface area contributed by atoms with E-state index in [4.69, 9.17) is 21.1 Å². The maximum absolute atomic E-state index is 6.36. The maximum atomic E-state index is 6.36. The average molecular weight is 460 g/mol. The number of fused-ring (bicyclic) bond motifs is 5. The van der Waals surface area contributed by atoms with Crippen molar-refractivity contribution in [2.24, 2.45) is 17.3 Å². The van der Waals surface area contributed by atoms with E-state index in [0.29, 0.717) is 23.3 Å². The second kappa shape index (κ2) is 10.4. The van der Waals surface area contributed by atoms with Gasteiger partial charge < -0.3 is 9.47 Å². The number of halogens is 1. The molecule has 1 unspecified atom stereocenters. The van der Waals surface area contributed by atoms with E-state index in [0.717, 1.165) is 37.1 Å². The van der Waals surface area contributed by atoms with Crippen LogP contribution in [0.15, 0.2) is 30.5 Å². The molecule has 2 fully saturated rings. The summed E-state index contributed by atoms with van der Waals surface area (Å²) in [7, 11) is 0. The largest absolute Gasteiger partial charge is 0.498 e. The van der Waals surface area contributed by atoms with Crippen LogP contribution in [0.5, 0.6) is 5.75 Å². The van der Waals surface area contributed by atoms with Crippen molar-refractivity contribution in [2.75, 3.05) is 19.0 Å². The fourth-order valence-electron chi connectivity index (χ4n) is 7.12. The number of aryl methyl sites for hydroxylation is 1. The molecule has 3 nitrogen and oxygen atoms in total. The third kappa shape index (κ3) is 4.57. The van der Waals surface area contributed by atoms with Crippen LogP contribution in [0.3, 0.4) is 0 Å². The van der Waals surface area contributed by atoms with Crippen molar-refractivity contribution in [3.8, 4) is 5.75 Å². The number of alkyl halides is 1. The highest BCUT2D eigenvalue weighted by molar-refractivity contribution is 6.18. The normalized spacial score (nSPS) is 32.4. The lowest BCUT2D eigenvalue weighted by Gasteiger charge is -2.50. The molecule has 0 aromatic heterocycles. The lowest BCUT2D eigenvalue weighted by Crippen LogP contribution is -2.44. The molecule has 0 radical (unpaired) electrons. The smallest absolute Gasteiger partial charge is 0.149 e. The molecule has 0 N–H and O–H groups in total. The van der Waals surface area contributed by atoms with Gasteiger partial charge in [-0.1, -0.05) is 26.0 Å². The third-order valence-corrected chi connectivity index (χ3v) is 8.86. The Hall–Kier alpha value is -1.19. The fraction of sp³-hybridized carbons (Fsp3) is 0.714. The molecule has 0 saturated heterocycles. The summed E-state index contributed by atoms with van der Waals surface area (Å²) in [4.78, 5) is 2.33. The highest BCUT2D eigenvalue weighted by Gasteiger charge is 2.55. The first kappa shape index (κ1) is 24.0. The average Bonchev–Trinajstić information content (AvgIpc) is 3.13. The first-order valence-corrected chi connectivity index (χ1v) is 13.4. The Morgan fingerprint density at radius 1 is 1.22 bits per heavy atom. The number of hydrogen-bond acceptors (Lipinski definition) is 3. The minimum Gasteiger partial charge on any atom is -0.498 e. The van der Waals surface area contributed by atoms with Gasteiger partial charge in [0.05, 0.1) is 6.26 Å². The molecular formula is C28H42ClNO2. The zero-order valence-corrected chi connectivity index (χ0v) is 21.2. The van der Waals surface area contributed by atoms with Crippen LogP contribution in [0, 0.1) is 17.3 Å². The van der Waals surface area contributed by atoms with E-state index >= 15 is 0 Å². The standard InChI is InChI=1S/C28H42ClNO2/c1-5-16-30(17-15-29)20(3)32-22-8-10-23-21(19-22)7-9-25-24(23)13-14-28(4)26(25)11-12-27(28)31-18-6-2/h6,8,10,18-20,24-27H,5,7,9,11-17H2,1-4H3/t20?,24-,25-,26+,27+,28+/m1/s1. The second-order valence-electron chi connectivity index (χ2n) is 10.4. The van der Waals surface area contributed by atoms with Crippen LogP contribution in [0.25, 0.3) is 0 Å². The molecule has 1 aromatic rings. The van der Waals surface area contributed by atoms with Crippen molar-refractivity contribution in [3.63, 3.8) is 0 Å². The SMILES string of the molecule is CC=CO[C@H]1CC[C@H]2[C@@H]3CCc4cc(OC(C)N(CCC)CCCl)ccc4[C@H]3CC[C@]12C. The molecule has 6 atom stereocenters. The molecule has 0 bridgehead atoms. The van der Waals surface area contributed by atoms with E-state index in [-0.39, 0.29) is 6.23 Å². The molecule has 2 saturated carbocycles. The Kier molecular flexibility index (Phi) is 7.77. The van der Waals surface area contributed by atoms with E-state index in [1.807, 2.05) is 19.3 Å². The van der Waals surface area contributed by atoms with Crippen molar-refractivity contribution < 1.29 is 9.47 Å². The summed E-state index contributed by atoms with van der Waals surface area (Å²) in [5.74, 6) is 3.94. The Morgan fingerprint density at radius 2 is 2.06 bits per heavy atom. The topological polar surface area (TPSA) is 21.7 Å². The number of nitrogens with zero attached hydrogens (tertiary/aromatic N) is 1. The van der Waals surface area contributed by atoms with E-state index in [1.54, 1.807) is 5.56 Å². The number of allylic oxidation sites excluding steroid dienone is 1. The van der Waals surface area contributed by atoms with Gasteiger partial charge in [-0.3, -0.25) is 4.90 Å². The molecule has 0 heterocycles. The van der Waals surface area contributed by atoms with Crippen molar-refractivity contribution >= 4 is 11.6 Å². The number of benzene rings is 1. The van der Waals surface area contributed by atoms with Gasteiger partial charge in [0.1, 0.15) is 18.1 Å². The van der Waals surface area contributed by atoms with Crippen LogP contribution < -0.4 is 4.74 Å². The summed E-state index contributed by atoms with van der Waals surface area (Å²) in [5, 5.41) is 0. The van der Waals surface area contributed by atoms with Gasteiger partial charge in [-0.25, -0.2) is 0 Å². The number of rotatable bonds is 9. The summed E-state index contributed by atoms with van der Waals surface area (Å²) in [6.45, 7) is 10.8. The van der Waals surface area contributed by atoms with Crippen LogP contribution >= 0.6 is 11.6 Å². The Bertz CT molecular complexity index is 790. The monoisotopic (exact) mass is 459 g/mol. The number of ether oxygens (including phenoxy) is 2. The van der Waals surface area contributed by atoms with Crippen molar-refractivity contribution in [1.29, 1.82) is 0 Å². The highest BCUT2D eigenvalue weighted by atomic mass is 35.5. The third-order valence-electron chi connectivity index (χ3n) is 8.69. The predicted molar refractivity (Wildman–Crippen MR) is 133 cm³/mol. The maximum Gasteiger partial charge on any atom is 0.149 e. The minimum absolute atomic E-state index is 0.0473. The van der Waals surface area contributed by atoms with Gasteiger partial charge in [0, 0.05) is 24.4 Å². The van der Waals surface area contributed by atoms with Gasteiger partial charge in [-0.05, 0) is 99.8 Å². The molecule has 4 rings (SSSR count). The van der Waals surface area contributed by atoms with Crippen LogP contribution in [0.4, 0.5) is 0 Å². The van der Waals surface area contributed by atoms with Gasteiger partial charge in [-0.15, -0.1) is 11.6 Å². The van der Waals surface area contributed by atoms with Crippen LogP contribution in [0.2, 0.25) is 0 Å². The second-order valence-corrected chi connectivity index (χ2v) is 10.8. The molecule has 32 heavy (non-hydrogen) atoms. The van der Waals surface area contributed by atoms with Crippen molar-refractivity contribution in [1.82, 2.24) is 4.90 Å². The molecule has 0 aliphatic heterocycles. The van der Waals surface area contributed by atoms with Gasteiger partial charge in [0.2, 0.25) is 0 Å². The molecule has 1 aromatic carbocycles. The quantitative estimate of drug-likeness (QED) is 0.222. The van der Waals surface area contributed by atoms with E-state index < -0.39 is 0 Å². The van der Waals surface area contributed by atoms with E-state index in [2.05, 4.69) is 43.9 Å². The zero-order valence-electron chi connectivity index (χ0n) is 20.5. The Labute approximate surface area is 200 Å². The van der Waals surface area contributed by atoms with Crippen molar-refractivity contribution in [2.45, 2.75) is 90.9 Å². The molecule has 3 aliphatic rings. The van der Waals surface area contributed by atoms with Gasteiger partial charge in [-0.2, -0.15) is 0 Å². The van der Waals surface area contributed by atoms with Crippen LogP contribution in [-0.2, 0) is 11.2 Å². The van der Waals surface area contributed by atoms with Gasteiger partial charge >= 0.3 is 0 Å². The van der Waals surface area contributed by atoms with E-state index in [1.165, 1.54) is 44.1 Å². The highest BCUT2D eigenvalue weighted by Crippen LogP contribution is 2.61. The molecular weight excluding hydrogens is 418 g/mol. The summed E-state index contributed by atoms with van der Waals surface area (Å²) in [6.07, 6.45) is 13.1. The predicted octanol–water partition coefficient (Wildman–Crippen LogP) is 7.14. The molecule has 0 amide bonds. The summed E-state index contributed by atoms with van der Waals surface area (Å²) in [6, 6.07) is 6.92. The first-order valence-electron chi connectivity index (χ1n) is 12.9. The van der Waals surface area contributed by atoms with Gasteiger partial charge in [0.15, 0.2) is 0 Å². The van der Waals surface area contributed by atoms with Crippen molar-refractivity contribution in [3.05, 3.63) is 41.7 Å². The zero-order chi connectivity index (χ0) is 22.7. The molecule has 178 valence electrons. The first-order chi connectivity index (χ1) is 15.5. The van der Waals surface area contributed by atoms with Gasteiger partial charge in [0.25, 0.3) is 0 Å². The molecule has 0 spiro atoms. The fourth-order valence-corrected chi connectivity index (χ4v) is 7.34. The lowest BCUT2D eigenvalue weighted by atomic mass is 9.55. The number of hydrogen-bond donors (Lipinski definition) is 0. The Morgan fingerprint density at radius 3 is 2.81 bits per heavy atom. The summed E-state index contributed by atoms with van der Waals surface area (Å²) in [5.41, 5.74) is 3.44. The molecule has 4 heteroatoms. The minimum atomic E-state index is 0.0473. The van der Waals surface area contributed by atoms with Crippen LogP contribution in [-0.4, -0.2) is 36.2 Å². The summed E-state index contributed by atoms with van der Waals surface area (Å²) < 4.78 is 12.5. The van der Waals surface area contributed by atoms with E-state index in [9.17, 15) is 0 Å². The Balaban J connectivity index is 1.47.